The minimum absolute atomic E-state index is 0.00586. The fourth-order valence-corrected chi connectivity index (χ4v) is 2.28. The molecule has 0 amide bonds. The van der Waals surface area contributed by atoms with Gasteiger partial charge in [-0.1, -0.05) is 45.7 Å². The van der Waals surface area contributed by atoms with E-state index in [0.717, 1.165) is 10.0 Å². The van der Waals surface area contributed by atoms with Crippen molar-refractivity contribution in [1.82, 2.24) is 0 Å². The summed E-state index contributed by atoms with van der Waals surface area (Å²) in [6, 6.07) is 11.4. The smallest absolute Gasteiger partial charge is 0.288 e. The van der Waals surface area contributed by atoms with Crippen LogP contribution in [0.1, 0.15) is 15.9 Å². The molecule has 0 saturated heterocycles. The van der Waals surface area contributed by atoms with Crippen LogP contribution in [0.25, 0.3) is 6.08 Å². The largest absolute Gasteiger partial charge is 0.289 e. The zero-order chi connectivity index (χ0) is 15.4. The van der Waals surface area contributed by atoms with Crippen LogP contribution in [0.2, 0.25) is 5.02 Å². The molecule has 0 fully saturated rings. The summed E-state index contributed by atoms with van der Waals surface area (Å²) < 4.78 is 0.858. The Morgan fingerprint density at radius 1 is 1.24 bits per heavy atom. The van der Waals surface area contributed by atoms with Crippen molar-refractivity contribution >= 4 is 45.1 Å². The second-order valence-electron chi connectivity index (χ2n) is 4.14. The zero-order valence-electron chi connectivity index (χ0n) is 10.6. The van der Waals surface area contributed by atoms with Crippen molar-refractivity contribution in [2.75, 3.05) is 0 Å². The SMILES string of the molecule is O=C(C=Cc1ccccc1Br)c1ccc(Cl)c([N+](=O)[O-])c1. The lowest BCUT2D eigenvalue weighted by Crippen LogP contribution is -1.97. The summed E-state index contributed by atoms with van der Waals surface area (Å²) in [5.74, 6) is -0.328. The van der Waals surface area contributed by atoms with Crippen molar-refractivity contribution in [1.29, 1.82) is 0 Å². The summed E-state index contributed by atoms with van der Waals surface area (Å²) in [5.41, 5.74) is 0.778. The molecule has 106 valence electrons. The van der Waals surface area contributed by atoms with Gasteiger partial charge in [0.15, 0.2) is 5.78 Å². The molecule has 0 N–H and O–H groups in total. The van der Waals surface area contributed by atoms with Gasteiger partial charge in [-0.25, -0.2) is 0 Å². The number of benzene rings is 2. The van der Waals surface area contributed by atoms with Gasteiger partial charge in [0, 0.05) is 16.1 Å². The van der Waals surface area contributed by atoms with Crippen LogP contribution in [-0.4, -0.2) is 10.7 Å². The van der Waals surface area contributed by atoms with Gasteiger partial charge in [-0.05, 0) is 35.9 Å². The molecule has 2 rings (SSSR count). The third kappa shape index (κ3) is 3.77. The van der Waals surface area contributed by atoms with Gasteiger partial charge in [0.2, 0.25) is 0 Å². The van der Waals surface area contributed by atoms with Gasteiger partial charge in [0.05, 0.1) is 4.92 Å². The number of hydrogen-bond acceptors (Lipinski definition) is 3. The molecule has 0 aliphatic heterocycles. The number of nitro groups is 1. The summed E-state index contributed by atoms with van der Waals surface area (Å²) in [4.78, 5) is 22.2. The van der Waals surface area contributed by atoms with Gasteiger partial charge in [-0.15, -0.1) is 0 Å². The highest BCUT2D eigenvalue weighted by Gasteiger charge is 2.15. The van der Waals surface area contributed by atoms with Crippen LogP contribution >= 0.6 is 27.5 Å². The number of halogens is 2. The normalized spacial score (nSPS) is 10.8. The average molecular weight is 367 g/mol. The molecule has 0 aliphatic rings. The molecule has 0 saturated carbocycles. The lowest BCUT2D eigenvalue weighted by Gasteiger charge is -1.99. The monoisotopic (exact) mass is 365 g/mol. The van der Waals surface area contributed by atoms with Crippen molar-refractivity contribution in [3.63, 3.8) is 0 Å². The van der Waals surface area contributed by atoms with Crippen LogP contribution < -0.4 is 0 Å². The summed E-state index contributed by atoms with van der Waals surface area (Å²) >= 11 is 9.09. The first-order chi connectivity index (χ1) is 9.99. The molecule has 0 radical (unpaired) electrons. The van der Waals surface area contributed by atoms with Crippen LogP contribution in [-0.2, 0) is 0 Å². The van der Waals surface area contributed by atoms with E-state index in [2.05, 4.69) is 15.9 Å². The number of carbonyl (C=O) groups excluding carboxylic acids is 1. The molecule has 0 aromatic heterocycles. The number of ketones is 1. The second-order valence-corrected chi connectivity index (χ2v) is 5.40. The van der Waals surface area contributed by atoms with E-state index >= 15 is 0 Å². The van der Waals surface area contributed by atoms with Gasteiger partial charge in [-0.2, -0.15) is 0 Å². The highest BCUT2D eigenvalue weighted by molar-refractivity contribution is 9.10. The van der Waals surface area contributed by atoms with Crippen molar-refractivity contribution in [3.05, 3.63) is 79.3 Å². The first kappa shape index (κ1) is 15.4. The average Bonchev–Trinajstić information content (AvgIpc) is 2.46. The van der Waals surface area contributed by atoms with E-state index in [-0.39, 0.29) is 22.1 Å². The molecular weight excluding hydrogens is 358 g/mol. The van der Waals surface area contributed by atoms with Crippen LogP contribution in [0, 0.1) is 10.1 Å². The van der Waals surface area contributed by atoms with Crippen LogP contribution in [0.4, 0.5) is 5.69 Å². The summed E-state index contributed by atoms with van der Waals surface area (Å²) in [6.45, 7) is 0. The van der Waals surface area contributed by atoms with E-state index in [0.29, 0.717) is 0 Å². The highest BCUT2D eigenvalue weighted by Crippen LogP contribution is 2.25. The van der Waals surface area contributed by atoms with Crippen molar-refractivity contribution in [3.8, 4) is 0 Å². The van der Waals surface area contributed by atoms with Gasteiger partial charge in [0.25, 0.3) is 5.69 Å². The van der Waals surface area contributed by atoms with Gasteiger partial charge in [-0.3, -0.25) is 14.9 Å². The summed E-state index contributed by atoms with van der Waals surface area (Å²) in [5, 5.41) is 10.8. The van der Waals surface area contributed by atoms with Crippen LogP contribution in [0.15, 0.2) is 53.0 Å². The van der Waals surface area contributed by atoms with E-state index in [4.69, 9.17) is 11.6 Å². The summed E-state index contributed by atoms with van der Waals surface area (Å²) in [7, 11) is 0. The van der Waals surface area contributed by atoms with E-state index in [1.807, 2.05) is 24.3 Å². The van der Waals surface area contributed by atoms with Gasteiger partial charge < -0.3 is 0 Å². The number of hydrogen-bond donors (Lipinski definition) is 0. The molecule has 6 heteroatoms. The number of rotatable bonds is 4. The minimum Gasteiger partial charge on any atom is -0.289 e. The van der Waals surface area contributed by atoms with E-state index in [1.54, 1.807) is 6.08 Å². The van der Waals surface area contributed by atoms with Crippen LogP contribution in [0.5, 0.6) is 0 Å². The van der Waals surface area contributed by atoms with Gasteiger partial charge >= 0.3 is 0 Å². The summed E-state index contributed by atoms with van der Waals surface area (Å²) in [6.07, 6.45) is 3.01. The fourth-order valence-electron chi connectivity index (χ4n) is 1.68. The van der Waals surface area contributed by atoms with E-state index in [9.17, 15) is 14.9 Å². The zero-order valence-corrected chi connectivity index (χ0v) is 13.0. The predicted octanol–water partition coefficient (Wildman–Crippen LogP) is 4.91. The fraction of sp³-hybridized carbons (Fsp3) is 0. The number of nitro benzene ring substituents is 1. The number of nitrogens with zero attached hydrogens (tertiary/aromatic N) is 1. The first-order valence-corrected chi connectivity index (χ1v) is 7.07. The molecule has 4 nitrogen and oxygen atoms in total. The lowest BCUT2D eigenvalue weighted by atomic mass is 10.1. The third-order valence-corrected chi connectivity index (χ3v) is 3.79. The van der Waals surface area contributed by atoms with Crippen molar-refractivity contribution in [2.45, 2.75) is 0 Å². The van der Waals surface area contributed by atoms with E-state index in [1.165, 1.54) is 24.3 Å². The maximum atomic E-state index is 12.0. The quantitative estimate of drug-likeness (QED) is 0.334. The molecule has 0 atom stereocenters. The Hall–Kier alpha value is -1.98. The molecule has 21 heavy (non-hydrogen) atoms. The topological polar surface area (TPSA) is 60.2 Å². The molecule has 2 aromatic rings. The second kappa shape index (κ2) is 6.65. The van der Waals surface area contributed by atoms with Crippen molar-refractivity contribution in [2.24, 2.45) is 0 Å². The Balaban J connectivity index is 2.27. The van der Waals surface area contributed by atoms with Crippen molar-refractivity contribution < 1.29 is 9.72 Å². The molecule has 0 unspecified atom stereocenters. The Bertz CT molecular complexity index is 743. The number of carbonyl (C=O) groups is 1. The maximum Gasteiger partial charge on any atom is 0.288 e. The molecule has 0 spiro atoms. The highest BCUT2D eigenvalue weighted by atomic mass is 79.9. The molecule has 0 bridgehead atoms. The molecule has 0 heterocycles. The Labute approximate surface area is 134 Å². The molecular formula is C15H9BrClNO3. The predicted molar refractivity (Wildman–Crippen MR) is 85.6 cm³/mol. The molecule has 2 aromatic carbocycles. The first-order valence-electron chi connectivity index (χ1n) is 5.90. The lowest BCUT2D eigenvalue weighted by molar-refractivity contribution is -0.384. The Kier molecular flexibility index (Phi) is 4.88. The van der Waals surface area contributed by atoms with Crippen LogP contribution in [0.3, 0.4) is 0 Å². The maximum absolute atomic E-state index is 12.0. The minimum atomic E-state index is -0.614. The molecule has 0 aliphatic carbocycles. The number of allylic oxidation sites excluding steroid dienone is 1. The van der Waals surface area contributed by atoms with E-state index < -0.39 is 4.92 Å². The third-order valence-electron chi connectivity index (χ3n) is 2.75. The standard InChI is InChI=1S/C15H9BrClNO3/c16-12-4-2-1-3-10(12)6-8-15(19)11-5-7-13(17)14(9-11)18(20)21/h1-9H. The Morgan fingerprint density at radius 3 is 2.62 bits per heavy atom. The Morgan fingerprint density at radius 2 is 1.95 bits per heavy atom. The van der Waals surface area contributed by atoms with Gasteiger partial charge in [0.1, 0.15) is 5.02 Å².